The van der Waals surface area contributed by atoms with Gasteiger partial charge in [0.25, 0.3) is 0 Å². The van der Waals surface area contributed by atoms with Gasteiger partial charge in [-0.3, -0.25) is 4.79 Å². The van der Waals surface area contributed by atoms with Crippen LogP contribution in [0.4, 0.5) is 11.5 Å². The predicted octanol–water partition coefficient (Wildman–Crippen LogP) is 4.98. The SMILES string of the molecule is CC(C)=Cc1nc(-c2ccc(N)cc2)cnc1NC(=O)Cc1ccc(Cl)cc1. The van der Waals surface area contributed by atoms with Gasteiger partial charge in [0.1, 0.15) is 5.69 Å². The standard InChI is InChI=1S/C22H21ClN4O/c1-14(2)11-19-22(27-21(28)12-15-3-7-17(23)8-4-15)25-13-20(26-19)16-5-9-18(24)10-6-16/h3-11,13H,12,24H2,1-2H3,(H,25,27,28). The number of anilines is 2. The van der Waals surface area contributed by atoms with Crippen LogP contribution < -0.4 is 11.1 Å². The van der Waals surface area contributed by atoms with Gasteiger partial charge < -0.3 is 11.1 Å². The summed E-state index contributed by atoms with van der Waals surface area (Å²) in [5.41, 5.74) is 10.6. The summed E-state index contributed by atoms with van der Waals surface area (Å²) in [7, 11) is 0. The van der Waals surface area contributed by atoms with E-state index in [4.69, 9.17) is 17.3 Å². The van der Waals surface area contributed by atoms with E-state index in [1.165, 1.54) is 0 Å². The number of nitrogen functional groups attached to an aromatic ring is 1. The van der Waals surface area contributed by atoms with Crippen molar-refractivity contribution >= 4 is 35.1 Å². The first-order chi connectivity index (χ1) is 13.4. The van der Waals surface area contributed by atoms with E-state index in [2.05, 4.69) is 15.3 Å². The van der Waals surface area contributed by atoms with E-state index in [1.54, 1.807) is 18.3 Å². The van der Waals surface area contributed by atoms with Crippen molar-refractivity contribution in [1.82, 2.24) is 9.97 Å². The molecular formula is C22H21ClN4O. The number of halogens is 1. The molecule has 0 unspecified atom stereocenters. The zero-order valence-electron chi connectivity index (χ0n) is 15.7. The molecule has 3 rings (SSSR count). The van der Waals surface area contributed by atoms with Crippen LogP contribution in [0.15, 0.2) is 60.3 Å². The summed E-state index contributed by atoms with van der Waals surface area (Å²) in [5.74, 6) is 0.264. The molecule has 6 heteroatoms. The molecule has 0 aliphatic carbocycles. The van der Waals surface area contributed by atoms with Crippen molar-refractivity contribution in [3.05, 3.63) is 76.6 Å². The number of carbonyl (C=O) groups is 1. The Morgan fingerprint density at radius 1 is 1.11 bits per heavy atom. The van der Waals surface area contributed by atoms with Crippen LogP contribution >= 0.6 is 11.6 Å². The molecular weight excluding hydrogens is 372 g/mol. The number of benzene rings is 2. The third kappa shape index (κ3) is 5.18. The van der Waals surface area contributed by atoms with Crippen LogP contribution in [0.1, 0.15) is 25.1 Å². The highest BCUT2D eigenvalue weighted by Gasteiger charge is 2.11. The lowest BCUT2D eigenvalue weighted by Gasteiger charge is -2.10. The van der Waals surface area contributed by atoms with Gasteiger partial charge in [0.05, 0.1) is 18.3 Å². The zero-order chi connectivity index (χ0) is 20.1. The Kier molecular flexibility index (Phi) is 6.06. The Hall–Kier alpha value is -3.18. The Morgan fingerprint density at radius 3 is 2.43 bits per heavy atom. The van der Waals surface area contributed by atoms with Crippen molar-refractivity contribution in [2.24, 2.45) is 0 Å². The van der Waals surface area contributed by atoms with Gasteiger partial charge in [-0.2, -0.15) is 0 Å². The van der Waals surface area contributed by atoms with E-state index in [9.17, 15) is 4.79 Å². The van der Waals surface area contributed by atoms with Gasteiger partial charge in [-0.1, -0.05) is 41.4 Å². The Labute approximate surface area is 169 Å². The van der Waals surface area contributed by atoms with Gasteiger partial charge in [0, 0.05) is 16.3 Å². The first-order valence-electron chi connectivity index (χ1n) is 8.83. The summed E-state index contributed by atoms with van der Waals surface area (Å²) in [4.78, 5) is 21.6. The molecule has 1 amide bonds. The first-order valence-corrected chi connectivity index (χ1v) is 9.20. The van der Waals surface area contributed by atoms with Gasteiger partial charge in [0.2, 0.25) is 5.91 Å². The molecule has 2 aromatic carbocycles. The third-order valence-electron chi connectivity index (χ3n) is 3.97. The summed E-state index contributed by atoms with van der Waals surface area (Å²) in [6, 6.07) is 14.6. The quantitative estimate of drug-likeness (QED) is 0.600. The number of hydrogen-bond acceptors (Lipinski definition) is 4. The van der Waals surface area contributed by atoms with Crippen LogP contribution in [0.5, 0.6) is 0 Å². The molecule has 0 saturated carbocycles. The molecule has 142 valence electrons. The highest BCUT2D eigenvalue weighted by molar-refractivity contribution is 6.30. The van der Waals surface area contributed by atoms with Crippen molar-refractivity contribution in [2.75, 3.05) is 11.1 Å². The minimum atomic E-state index is -0.166. The van der Waals surface area contributed by atoms with Crippen LogP contribution in [-0.4, -0.2) is 15.9 Å². The molecule has 5 nitrogen and oxygen atoms in total. The largest absolute Gasteiger partial charge is 0.399 e. The summed E-state index contributed by atoms with van der Waals surface area (Å²) >= 11 is 5.89. The fraction of sp³-hybridized carbons (Fsp3) is 0.136. The summed E-state index contributed by atoms with van der Waals surface area (Å²) in [6.07, 6.45) is 3.77. The number of hydrogen-bond donors (Lipinski definition) is 2. The smallest absolute Gasteiger partial charge is 0.230 e. The van der Waals surface area contributed by atoms with Crippen molar-refractivity contribution in [1.29, 1.82) is 0 Å². The van der Waals surface area contributed by atoms with Gasteiger partial charge in [0.15, 0.2) is 5.82 Å². The predicted molar refractivity (Wildman–Crippen MR) is 115 cm³/mol. The number of amides is 1. The molecule has 0 aliphatic rings. The number of aromatic nitrogens is 2. The molecule has 0 radical (unpaired) electrons. The zero-order valence-corrected chi connectivity index (χ0v) is 16.5. The lowest BCUT2D eigenvalue weighted by atomic mass is 10.1. The van der Waals surface area contributed by atoms with E-state index in [0.29, 0.717) is 27.9 Å². The van der Waals surface area contributed by atoms with E-state index < -0.39 is 0 Å². The van der Waals surface area contributed by atoms with Crippen LogP contribution in [0.2, 0.25) is 5.02 Å². The average Bonchev–Trinajstić information content (AvgIpc) is 2.65. The van der Waals surface area contributed by atoms with Crippen LogP contribution in [0, 0.1) is 0 Å². The maximum atomic E-state index is 12.5. The molecule has 28 heavy (non-hydrogen) atoms. The fourth-order valence-corrected chi connectivity index (χ4v) is 2.76. The van der Waals surface area contributed by atoms with Crippen molar-refractivity contribution < 1.29 is 4.79 Å². The van der Waals surface area contributed by atoms with Gasteiger partial charge >= 0.3 is 0 Å². The third-order valence-corrected chi connectivity index (χ3v) is 4.22. The van der Waals surface area contributed by atoms with Crippen LogP contribution in [0.3, 0.4) is 0 Å². The molecule has 0 spiro atoms. The molecule has 3 N–H and O–H groups in total. The second kappa shape index (κ2) is 8.67. The monoisotopic (exact) mass is 392 g/mol. The van der Waals surface area contributed by atoms with Gasteiger partial charge in [-0.15, -0.1) is 0 Å². The first kappa shape index (κ1) is 19.6. The van der Waals surface area contributed by atoms with Crippen LogP contribution in [-0.2, 0) is 11.2 Å². The maximum Gasteiger partial charge on any atom is 0.230 e. The second-order valence-electron chi connectivity index (χ2n) is 6.68. The summed E-state index contributed by atoms with van der Waals surface area (Å²) in [5, 5.41) is 3.49. The molecule has 1 heterocycles. The van der Waals surface area contributed by atoms with Crippen molar-refractivity contribution in [2.45, 2.75) is 20.3 Å². The van der Waals surface area contributed by atoms with E-state index in [0.717, 1.165) is 16.7 Å². The Bertz CT molecular complexity index is 1010. The number of nitrogens with two attached hydrogens (primary N) is 1. The summed E-state index contributed by atoms with van der Waals surface area (Å²) in [6.45, 7) is 3.94. The number of allylic oxidation sites excluding steroid dienone is 1. The van der Waals surface area contributed by atoms with Gasteiger partial charge in [-0.05, 0) is 49.8 Å². The summed E-state index contributed by atoms with van der Waals surface area (Å²) < 4.78 is 0. The minimum Gasteiger partial charge on any atom is -0.399 e. The molecule has 0 aliphatic heterocycles. The highest BCUT2D eigenvalue weighted by Crippen LogP contribution is 2.22. The lowest BCUT2D eigenvalue weighted by molar-refractivity contribution is -0.115. The lowest BCUT2D eigenvalue weighted by Crippen LogP contribution is -2.16. The van der Waals surface area contributed by atoms with E-state index in [-0.39, 0.29) is 12.3 Å². The molecule has 3 aromatic rings. The normalized spacial score (nSPS) is 10.4. The van der Waals surface area contributed by atoms with Gasteiger partial charge in [-0.25, -0.2) is 9.97 Å². The molecule has 0 fully saturated rings. The average molecular weight is 393 g/mol. The molecule has 0 atom stereocenters. The number of nitrogens with zero attached hydrogens (tertiary/aromatic N) is 2. The van der Waals surface area contributed by atoms with E-state index in [1.807, 2.05) is 56.3 Å². The molecule has 0 bridgehead atoms. The fourth-order valence-electron chi connectivity index (χ4n) is 2.63. The number of carbonyl (C=O) groups excluding carboxylic acids is 1. The van der Waals surface area contributed by atoms with E-state index >= 15 is 0 Å². The van der Waals surface area contributed by atoms with Crippen molar-refractivity contribution in [3.8, 4) is 11.3 Å². The number of nitrogens with one attached hydrogen (secondary N) is 1. The van der Waals surface area contributed by atoms with Crippen molar-refractivity contribution in [3.63, 3.8) is 0 Å². The van der Waals surface area contributed by atoms with Crippen LogP contribution in [0.25, 0.3) is 17.3 Å². The molecule has 0 saturated heterocycles. The topological polar surface area (TPSA) is 80.9 Å². The minimum absolute atomic E-state index is 0.166. The number of rotatable bonds is 5. The second-order valence-corrected chi connectivity index (χ2v) is 7.12. The molecule has 1 aromatic heterocycles. The Morgan fingerprint density at radius 2 is 1.79 bits per heavy atom. The highest BCUT2D eigenvalue weighted by atomic mass is 35.5. The Balaban J connectivity index is 1.85. The maximum absolute atomic E-state index is 12.5.